The minimum atomic E-state index is 0.512. The van der Waals surface area contributed by atoms with Crippen molar-refractivity contribution in [2.75, 3.05) is 37.9 Å². The summed E-state index contributed by atoms with van der Waals surface area (Å²) in [6.45, 7) is 6.96. The van der Waals surface area contributed by atoms with E-state index < -0.39 is 0 Å². The van der Waals surface area contributed by atoms with Crippen molar-refractivity contribution in [2.24, 2.45) is 0 Å². The van der Waals surface area contributed by atoms with Crippen LogP contribution in [0.1, 0.15) is 26.7 Å². The minimum Gasteiger partial charge on any atom is -0.475 e. The van der Waals surface area contributed by atoms with Gasteiger partial charge in [0, 0.05) is 19.2 Å². The predicted octanol–water partition coefficient (Wildman–Crippen LogP) is 2.83. The van der Waals surface area contributed by atoms with Crippen LogP contribution in [0.3, 0.4) is 0 Å². The molecule has 0 saturated carbocycles. The molecule has 0 aliphatic rings. The van der Waals surface area contributed by atoms with Gasteiger partial charge in [-0.3, -0.25) is 0 Å². The van der Waals surface area contributed by atoms with Crippen molar-refractivity contribution in [1.82, 2.24) is 9.97 Å². The van der Waals surface area contributed by atoms with Gasteiger partial charge in [-0.2, -0.15) is 4.98 Å². The summed E-state index contributed by atoms with van der Waals surface area (Å²) in [5.74, 6) is 1.41. The highest BCUT2D eigenvalue weighted by Gasteiger charge is 2.04. The van der Waals surface area contributed by atoms with E-state index in [4.69, 9.17) is 9.47 Å². The molecule has 0 aliphatic heterocycles. The molecule has 5 nitrogen and oxygen atoms in total. The maximum absolute atomic E-state index is 5.59. The van der Waals surface area contributed by atoms with Crippen LogP contribution in [0.4, 0.5) is 5.82 Å². The molecule has 0 fully saturated rings. The quantitative estimate of drug-likeness (QED) is 0.405. The number of nitrogens with one attached hydrogen (secondary N) is 1. The zero-order valence-corrected chi connectivity index (χ0v) is 12.8. The summed E-state index contributed by atoms with van der Waals surface area (Å²) in [5.41, 5.74) is 0. The minimum absolute atomic E-state index is 0.512. The Morgan fingerprint density at radius 1 is 1.16 bits per heavy atom. The van der Waals surface area contributed by atoms with Crippen molar-refractivity contribution >= 4 is 17.6 Å². The van der Waals surface area contributed by atoms with Gasteiger partial charge in [-0.05, 0) is 19.1 Å². The zero-order valence-electron chi connectivity index (χ0n) is 11.9. The Kier molecular flexibility index (Phi) is 8.33. The third kappa shape index (κ3) is 6.63. The fourth-order valence-electron chi connectivity index (χ4n) is 1.36. The average Bonchev–Trinajstić information content (AvgIpc) is 2.44. The van der Waals surface area contributed by atoms with E-state index in [1.807, 2.05) is 12.3 Å². The van der Waals surface area contributed by atoms with Crippen LogP contribution in [-0.4, -0.2) is 42.6 Å². The van der Waals surface area contributed by atoms with E-state index in [0.29, 0.717) is 24.3 Å². The lowest BCUT2D eigenvalue weighted by atomic mass is 10.4. The van der Waals surface area contributed by atoms with E-state index >= 15 is 0 Å². The van der Waals surface area contributed by atoms with E-state index in [0.717, 1.165) is 31.8 Å². The standard InChI is InChI=1S/C13H23N3O2S/c1-4-6-14-11-10-12(16-13(15-11)19-3)18-9-8-17-7-5-2/h10H,4-9H2,1-3H3,(H,14,15,16). The molecule has 1 heterocycles. The zero-order chi connectivity index (χ0) is 13.9. The second-order valence-electron chi connectivity index (χ2n) is 3.97. The van der Waals surface area contributed by atoms with Gasteiger partial charge in [0.15, 0.2) is 5.16 Å². The molecule has 0 spiro atoms. The Morgan fingerprint density at radius 3 is 2.68 bits per heavy atom. The Bertz CT molecular complexity index is 364. The van der Waals surface area contributed by atoms with Crippen LogP contribution >= 0.6 is 11.8 Å². The summed E-state index contributed by atoms with van der Waals surface area (Å²) in [4.78, 5) is 8.69. The summed E-state index contributed by atoms with van der Waals surface area (Å²) < 4.78 is 11.0. The van der Waals surface area contributed by atoms with Crippen LogP contribution in [0.2, 0.25) is 0 Å². The van der Waals surface area contributed by atoms with Crippen LogP contribution in [0.5, 0.6) is 5.88 Å². The topological polar surface area (TPSA) is 56.3 Å². The molecule has 0 radical (unpaired) electrons. The van der Waals surface area contributed by atoms with Gasteiger partial charge in [-0.25, -0.2) is 4.98 Å². The van der Waals surface area contributed by atoms with Crippen LogP contribution in [0.25, 0.3) is 0 Å². The summed E-state index contributed by atoms with van der Waals surface area (Å²) in [6, 6.07) is 1.83. The second kappa shape index (κ2) is 9.86. The molecule has 1 N–H and O–H groups in total. The molecule has 0 aliphatic carbocycles. The lowest BCUT2D eigenvalue weighted by molar-refractivity contribution is 0.0987. The second-order valence-corrected chi connectivity index (χ2v) is 4.74. The van der Waals surface area contributed by atoms with Crippen LogP contribution in [0.15, 0.2) is 11.2 Å². The normalized spacial score (nSPS) is 10.5. The number of ether oxygens (including phenoxy) is 2. The maximum atomic E-state index is 5.59. The Morgan fingerprint density at radius 2 is 2.00 bits per heavy atom. The molecule has 0 atom stereocenters. The first kappa shape index (κ1) is 16.0. The molecule has 1 aromatic rings. The van der Waals surface area contributed by atoms with Gasteiger partial charge < -0.3 is 14.8 Å². The highest BCUT2D eigenvalue weighted by molar-refractivity contribution is 7.98. The van der Waals surface area contributed by atoms with Crippen molar-refractivity contribution < 1.29 is 9.47 Å². The van der Waals surface area contributed by atoms with E-state index in [9.17, 15) is 0 Å². The molecular weight excluding hydrogens is 262 g/mol. The molecule has 0 amide bonds. The number of rotatable bonds is 10. The third-order valence-corrected chi connectivity index (χ3v) is 2.79. The number of hydrogen-bond acceptors (Lipinski definition) is 6. The van der Waals surface area contributed by atoms with Crippen molar-refractivity contribution in [3.8, 4) is 5.88 Å². The molecule has 1 aromatic heterocycles. The first-order valence-corrected chi connectivity index (χ1v) is 7.90. The summed E-state index contributed by atoms with van der Waals surface area (Å²) in [6.07, 6.45) is 4.03. The fourth-order valence-corrected chi connectivity index (χ4v) is 1.74. The number of thioether (sulfide) groups is 1. The Hall–Kier alpha value is -1.01. The number of anilines is 1. The van der Waals surface area contributed by atoms with Crippen LogP contribution in [-0.2, 0) is 4.74 Å². The molecule has 108 valence electrons. The Balaban J connectivity index is 2.50. The highest BCUT2D eigenvalue weighted by Crippen LogP contribution is 2.18. The lowest BCUT2D eigenvalue weighted by Crippen LogP contribution is -2.09. The molecular formula is C13H23N3O2S. The van der Waals surface area contributed by atoms with E-state index in [1.54, 1.807) is 0 Å². The summed E-state index contributed by atoms with van der Waals surface area (Å²) in [5, 5.41) is 3.96. The van der Waals surface area contributed by atoms with Gasteiger partial charge in [-0.15, -0.1) is 0 Å². The molecule has 0 bridgehead atoms. The smallest absolute Gasteiger partial charge is 0.219 e. The monoisotopic (exact) mass is 285 g/mol. The van der Waals surface area contributed by atoms with Gasteiger partial charge in [0.2, 0.25) is 5.88 Å². The molecule has 6 heteroatoms. The fraction of sp³-hybridized carbons (Fsp3) is 0.692. The van der Waals surface area contributed by atoms with Crippen molar-refractivity contribution in [3.63, 3.8) is 0 Å². The van der Waals surface area contributed by atoms with E-state index in [1.165, 1.54) is 11.8 Å². The third-order valence-electron chi connectivity index (χ3n) is 2.25. The van der Waals surface area contributed by atoms with Crippen molar-refractivity contribution in [1.29, 1.82) is 0 Å². The average molecular weight is 285 g/mol. The molecule has 0 aromatic carbocycles. The van der Waals surface area contributed by atoms with Gasteiger partial charge in [0.25, 0.3) is 0 Å². The largest absolute Gasteiger partial charge is 0.475 e. The summed E-state index contributed by atoms with van der Waals surface area (Å²) >= 11 is 1.50. The maximum Gasteiger partial charge on any atom is 0.219 e. The Labute approximate surface area is 119 Å². The van der Waals surface area contributed by atoms with Gasteiger partial charge >= 0.3 is 0 Å². The molecule has 19 heavy (non-hydrogen) atoms. The van der Waals surface area contributed by atoms with Crippen molar-refractivity contribution in [2.45, 2.75) is 31.8 Å². The van der Waals surface area contributed by atoms with E-state index in [2.05, 4.69) is 29.1 Å². The van der Waals surface area contributed by atoms with E-state index in [-0.39, 0.29) is 0 Å². The molecule has 0 unspecified atom stereocenters. The summed E-state index contributed by atoms with van der Waals surface area (Å²) in [7, 11) is 0. The molecule has 1 rings (SSSR count). The first-order valence-electron chi connectivity index (χ1n) is 6.67. The van der Waals surface area contributed by atoms with Crippen LogP contribution < -0.4 is 10.1 Å². The van der Waals surface area contributed by atoms with Crippen LogP contribution in [0, 0.1) is 0 Å². The van der Waals surface area contributed by atoms with Gasteiger partial charge in [0.1, 0.15) is 12.4 Å². The molecule has 0 saturated heterocycles. The predicted molar refractivity (Wildman–Crippen MR) is 79.2 cm³/mol. The number of nitrogens with zero attached hydrogens (tertiary/aromatic N) is 2. The van der Waals surface area contributed by atoms with Gasteiger partial charge in [-0.1, -0.05) is 25.6 Å². The van der Waals surface area contributed by atoms with Gasteiger partial charge in [0.05, 0.1) is 6.61 Å². The lowest BCUT2D eigenvalue weighted by Gasteiger charge is -2.09. The van der Waals surface area contributed by atoms with Crippen molar-refractivity contribution in [3.05, 3.63) is 6.07 Å². The highest BCUT2D eigenvalue weighted by atomic mass is 32.2. The first-order chi connectivity index (χ1) is 9.30. The number of hydrogen-bond donors (Lipinski definition) is 1. The number of aromatic nitrogens is 2. The SMILES string of the molecule is CCCNc1cc(OCCOCCC)nc(SC)n1.